The van der Waals surface area contributed by atoms with Gasteiger partial charge in [-0.15, -0.1) is 0 Å². The highest BCUT2D eigenvalue weighted by Crippen LogP contribution is 2.23. The zero-order valence-corrected chi connectivity index (χ0v) is 9.89. The van der Waals surface area contributed by atoms with Crippen LogP contribution in [0.25, 0.3) is 0 Å². The van der Waals surface area contributed by atoms with Crippen molar-refractivity contribution in [1.29, 1.82) is 0 Å². The van der Waals surface area contributed by atoms with E-state index in [1.807, 2.05) is 11.8 Å². The lowest BCUT2D eigenvalue weighted by Gasteiger charge is -2.35. The highest BCUT2D eigenvalue weighted by molar-refractivity contribution is 5.79. The van der Waals surface area contributed by atoms with Crippen LogP contribution in [-0.4, -0.2) is 48.3 Å². The minimum Gasteiger partial charge on any atom is -0.393 e. The molecule has 2 saturated heterocycles. The van der Waals surface area contributed by atoms with E-state index in [9.17, 15) is 9.90 Å². The van der Waals surface area contributed by atoms with Gasteiger partial charge in [0.05, 0.1) is 18.6 Å². The van der Waals surface area contributed by atoms with Crippen molar-refractivity contribution in [2.24, 2.45) is 11.8 Å². The Bertz CT molecular complexity index is 249. The van der Waals surface area contributed by atoms with Gasteiger partial charge in [-0.1, -0.05) is 0 Å². The molecule has 0 aromatic heterocycles. The van der Waals surface area contributed by atoms with Crippen LogP contribution in [0.1, 0.15) is 26.2 Å². The first-order valence-corrected chi connectivity index (χ1v) is 6.23. The fourth-order valence-corrected chi connectivity index (χ4v) is 2.59. The van der Waals surface area contributed by atoms with Crippen molar-refractivity contribution in [3.8, 4) is 0 Å². The molecule has 16 heavy (non-hydrogen) atoms. The number of carbonyl (C=O) groups is 1. The van der Waals surface area contributed by atoms with Crippen LogP contribution < -0.4 is 0 Å². The van der Waals surface area contributed by atoms with Gasteiger partial charge in [-0.05, 0) is 26.2 Å². The molecule has 4 heteroatoms. The van der Waals surface area contributed by atoms with Crippen LogP contribution in [0.5, 0.6) is 0 Å². The molecule has 0 aromatic rings. The summed E-state index contributed by atoms with van der Waals surface area (Å²) in [6.45, 7) is 4.67. The third-order valence-electron chi connectivity index (χ3n) is 3.73. The third kappa shape index (κ3) is 2.55. The van der Waals surface area contributed by atoms with Crippen LogP contribution in [0.3, 0.4) is 0 Å². The van der Waals surface area contributed by atoms with E-state index < -0.39 is 0 Å². The Labute approximate surface area is 96.6 Å². The van der Waals surface area contributed by atoms with Gasteiger partial charge in [-0.25, -0.2) is 0 Å². The lowest BCUT2D eigenvalue weighted by atomic mass is 9.92. The van der Waals surface area contributed by atoms with Crippen molar-refractivity contribution in [2.45, 2.75) is 32.3 Å². The molecule has 0 saturated carbocycles. The maximum absolute atomic E-state index is 12.1. The average Bonchev–Trinajstić information content (AvgIpc) is 2.81. The Hall–Kier alpha value is -0.610. The van der Waals surface area contributed by atoms with Crippen LogP contribution in [0.4, 0.5) is 0 Å². The van der Waals surface area contributed by atoms with Crippen LogP contribution in [0.2, 0.25) is 0 Å². The molecule has 3 atom stereocenters. The number of rotatable bonds is 2. The van der Waals surface area contributed by atoms with Gasteiger partial charge in [0.2, 0.25) is 5.91 Å². The zero-order valence-electron chi connectivity index (χ0n) is 9.89. The van der Waals surface area contributed by atoms with E-state index in [4.69, 9.17) is 4.74 Å². The zero-order chi connectivity index (χ0) is 11.5. The Kier molecular flexibility index (Phi) is 3.82. The number of hydrogen-bond donors (Lipinski definition) is 1. The molecule has 92 valence electrons. The first-order valence-electron chi connectivity index (χ1n) is 6.23. The quantitative estimate of drug-likeness (QED) is 0.753. The number of likely N-dealkylation sites (tertiary alicyclic amines) is 1. The smallest absolute Gasteiger partial charge is 0.228 e. The SMILES string of the molecule is CC(O)C1CCCN(C(=O)C2CCOC2)C1. The molecule has 3 unspecified atom stereocenters. The Morgan fingerprint density at radius 2 is 2.31 bits per heavy atom. The molecule has 0 aromatic carbocycles. The average molecular weight is 227 g/mol. The van der Waals surface area contributed by atoms with Gasteiger partial charge in [-0.3, -0.25) is 4.79 Å². The van der Waals surface area contributed by atoms with E-state index in [1.54, 1.807) is 0 Å². The summed E-state index contributed by atoms with van der Waals surface area (Å²) in [4.78, 5) is 14.0. The molecule has 0 spiro atoms. The number of hydrogen-bond acceptors (Lipinski definition) is 3. The maximum atomic E-state index is 12.1. The van der Waals surface area contributed by atoms with Crippen molar-refractivity contribution in [2.75, 3.05) is 26.3 Å². The number of nitrogens with zero attached hydrogens (tertiary/aromatic N) is 1. The Morgan fingerprint density at radius 3 is 2.94 bits per heavy atom. The van der Waals surface area contributed by atoms with Gasteiger partial charge in [0.15, 0.2) is 0 Å². The van der Waals surface area contributed by atoms with Crippen molar-refractivity contribution in [3.63, 3.8) is 0 Å². The van der Waals surface area contributed by atoms with E-state index >= 15 is 0 Å². The largest absolute Gasteiger partial charge is 0.393 e. The second-order valence-corrected chi connectivity index (χ2v) is 4.99. The third-order valence-corrected chi connectivity index (χ3v) is 3.73. The highest BCUT2D eigenvalue weighted by Gasteiger charge is 2.32. The second-order valence-electron chi connectivity index (χ2n) is 4.99. The summed E-state index contributed by atoms with van der Waals surface area (Å²) in [5.41, 5.74) is 0. The molecule has 0 bridgehead atoms. The first kappa shape index (κ1) is 11.9. The number of aliphatic hydroxyl groups is 1. The number of aliphatic hydroxyl groups excluding tert-OH is 1. The molecular formula is C12H21NO3. The molecule has 0 radical (unpaired) electrons. The first-order chi connectivity index (χ1) is 7.68. The molecular weight excluding hydrogens is 206 g/mol. The van der Waals surface area contributed by atoms with Gasteiger partial charge in [0, 0.05) is 25.6 Å². The molecule has 2 aliphatic rings. The van der Waals surface area contributed by atoms with Crippen molar-refractivity contribution < 1.29 is 14.6 Å². The summed E-state index contributed by atoms with van der Waals surface area (Å²) in [5, 5.41) is 9.58. The minimum absolute atomic E-state index is 0.0627. The summed E-state index contributed by atoms with van der Waals surface area (Å²) >= 11 is 0. The van der Waals surface area contributed by atoms with E-state index in [-0.39, 0.29) is 23.8 Å². The standard InChI is InChI=1S/C12H21NO3/c1-9(14)10-3-2-5-13(7-10)12(15)11-4-6-16-8-11/h9-11,14H,2-8H2,1H3. The second kappa shape index (κ2) is 5.15. The highest BCUT2D eigenvalue weighted by atomic mass is 16.5. The van der Waals surface area contributed by atoms with Crippen LogP contribution in [0.15, 0.2) is 0 Å². The minimum atomic E-state index is -0.310. The van der Waals surface area contributed by atoms with Gasteiger partial charge in [-0.2, -0.15) is 0 Å². The van der Waals surface area contributed by atoms with Crippen molar-refractivity contribution >= 4 is 5.91 Å². The summed E-state index contributed by atoms with van der Waals surface area (Å²) in [5.74, 6) is 0.538. The summed E-state index contributed by atoms with van der Waals surface area (Å²) in [7, 11) is 0. The fraction of sp³-hybridized carbons (Fsp3) is 0.917. The van der Waals surface area contributed by atoms with Crippen molar-refractivity contribution in [3.05, 3.63) is 0 Å². The lowest BCUT2D eigenvalue weighted by Crippen LogP contribution is -2.45. The summed E-state index contributed by atoms with van der Waals surface area (Å²) in [6.07, 6.45) is 2.59. The molecule has 1 N–H and O–H groups in total. The molecule has 0 aliphatic carbocycles. The number of ether oxygens (including phenoxy) is 1. The number of carbonyl (C=O) groups excluding carboxylic acids is 1. The van der Waals surface area contributed by atoms with Gasteiger partial charge >= 0.3 is 0 Å². The van der Waals surface area contributed by atoms with Crippen LogP contribution >= 0.6 is 0 Å². The monoisotopic (exact) mass is 227 g/mol. The van der Waals surface area contributed by atoms with E-state index in [2.05, 4.69) is 0 Å². The molecule has 2 aliphatic heterocycles. The molecule has 2 rings (SSSR count). The van der Waals surface area contributed by atoms with Crippen molar-refractivity contribution in [1.82, 2.24) is 4.90 Å². The molecule has 1 amide bonds. The van der Waals surface area contributed by atoms with Gasteiger partial charge < -0.3 is 14.7 Å². The Morgan fingerprint density at radius 1 is 1.50 bits per heavy atom. The predicted molar refractivity (Wildman–Crippen MR) is 59.9 cm³/mol. The molecule has 2 fully saturated rings. The van der Waals surface area contributed by atoms with Gasteiger partial charge in [0.25, 0.3) is 0 Å². The fourth-order valence-electron chi connectivity index (χ4n) is 2.59. The van der Waals surface area contributed by atoms with E-state index in [0.29, 0.717) is 19.8 Å². The molecule has 4 nitrogen and oxygen atoms in total. The normalized spacial score (nSPS) is 32.8. The number of amides is 1. The number of piperidine rings is 1. The van der Waals surface area contributed by atoms with E-state index in [0.717, 1.165) is 25.8 Å². The maximum Gasteiger partial charge on any atom is 0.228 e. The van der Waals surface area contributed by atoms with Crippen LogP contribution in [0, 0.1) is 11.8 Å². The Balaban J connectivity index is 1.90. The topological polar surface area (TPSA) is 49.8 Å². The predicted octanol–water partition coefficient (Wildman–Crippen LogP) is 0.642. The summed E-state index contributed by atoms with van der Waals surface area (Å²) in [6, 6.07) is 0. The lowest BCUT2D eigenvalue weighted by molar-refractivity contribution is -0.138. The molecule has 2 heterocycles. The summed E-state index contributed by atoms with van der Waals surface area (Å²) < 4.78 is 5.25. The van der Waals surface area contributed by atoms with Gasteiger partial charge in [0.1, 0.15) is 0 Å². The van der Waals surface area contributed by atoms with E-state index in [1.165, 1.54) is 0 Å². The van der Waals surface area contributed by atoms with Crippen LogP contribution in [-0.2, 0) is 9.53 Å².